The average molecular weight is 437 g/mol. The van der Waals surface area contributed by atoms with Gasteiger partial charge in [-0.2, -0.15) is 4.31 Å². The van der Waals surface area contributed by atoms with Crippen LogP contribution in [0.5, 0.6) is 11.5 Å². The molecule has 1 aromatic carbocycles. The second-order valence-electron chi connectivity index (χ2n) is 6.95. The summed E-state index contributed by atoms with van der Waals surface area (Å²) in [5.74, 6) is 0.967. The van der Waals surface area contributed by atoms with Gasteiger partial charge in [-0.05, 0) is 38.5 Å². The smallest absolute Gasteiger partial charge is 0.262 e. The van der Waals surface area contributed by atoms with Crippen molar-refractivity contribution in [1.29, 1.82) is 0 Å². The van der Waals surface area contributed by atoms with Crippen LogP contribution in [0.4, 0.5) is 0 Å². The lowest BCUT2D eigenvalue weighted by Gasteiger charge is -2.22. The maximum atomic E-state index is 13.1. The van der Waals surface area contributed by atoms with Crippen molar-refractivity contribution in [2.75, 3.05) is 39.4 Å². The molecule has 3 rings (SSSR count). The number of amides is 1. The predicted molar refractivity (Wildman–Crippen MR) is 111 cm³/mol. The fourth-order valence-electron chi connectivity index (χ4n) is 3.36. The summed E-state index contributed by atoms with van der Waals surface area (Å²) in [5, 5.41) is 0.0256. The van der Waals surface area contributed by atoms with Crippen molar-refractivity contribution in [3.63, 3.8) is 0 Å². The zero-order chi connectivity index (χ0) is 21.7. The molecule has 164 valence electrons. The Kier molecular flexibility index (Phi) is 6.99. The topological polar surface area (TPSA) is 94.0 Å². The highest BCUT2D eigenvalue weighted by Crippen LogP contribution is 2.29. The van der Waals surface area contributed by atoms with Crippen LogP contribution in [0, 0.1) is 0 Å². The number of aromatic nitrogens is 2. The van der Waals surface area contributed by atoms with Gasteiger partial charge < -0.3 is 18.9 Å². The highest BCUT2D eigenvalue weighted by molar-refractivity contribution is 7.89. The van der Waals surface area contributed by atoms with Gasteiger partial charge in [-0.1, -0.05) is 0 Å². The summed E-state index contributed by atoms with van der Waals surface area (Å²) in [7, 11) is -1.95. The molecule has 1 saturated heterocycles. The first-order valence-corrected chi connectivity index (χ1v) is 11.5. The van der Waals surface area contributed by atoms with E-state index in [9.17, 15) is 13.2 Å². The molecule has 0 atom stereocenters. The second-order valence-corrected chi connectivity index (χ2v) is 8.84. The monoisotopic (exact) mass is 436 g/mol. The summed E-state index contributed by atoms with van der Waals surface area (Å²) < 4.78 is 39.8. The number of ether oxygens (including phenoxy) is 2. The Morgan fingerprint density at radius 2 is 1.80 bits per heavy atom. The lowest BCUT2D eigenvalue weighted by atomic mass is 10.1. The lowest BCUT2D eigenvalue weighted by molar-refractivity contribution is 0.0763. The van der Waals surface area contributed by atoms with Crippen molar-refractivity contribution in [3.05, 3.63) is 36.3 Å². The molecule has 0 unspecified atom stereocenters. The van der Waals surface area contributed by atoms with Gasteiger partial charge >= 0.3 is 0 Å². The van der Waals surface area contributed by atoms with E-state index < -0.39 is 10.0 Å². The van der Waals surface area contributed by atoms with Gasteiger partial charge in [0, 0.05) is 45.0 Å². The van der Waals surface area contributed by atoms with Crippen molar-refractivity contribution in [2.45, 2.75) is 25.3 Å². The molecule has 0 radical (unpaired) electrons. The largest absolute Gasteiger partial charge is 0.490 e. The van der Waals surface area contributed by atoms with Crippen LogP contribution in [-0.2, 0) is 17.1 Å². The molecule has 1 aliphatic rings. The van der Waals surface area contributed by atoms with Gasteiger partial charge in [0.05, 0.1) is 19.5 Å². The van der Waals surface area contributed by atoms with Crippen LogP contribution in [0.1, 0.15) is 30.6 Å². The van der Waals surface area contributed by atoms with Crippen molar-refractivity contribution in [2.24, 2.45) is 7.05 Å². The number of hydrogen-bond donors (Lipinski definition) is 0. The van der Waals surface area contributed by atoms with Crippen LogP contribution < -0.4 is 9.47 Å². The molecule has 1 aromatic heterocycles. The minimum atomic E-state index is -3.68. The molecule has 0 aliphatic carbocycles. The number of imidazole rings is 1. The third-order valence-electron chi connectivity index (χ3n) is 4.82. The first kappa shape index (κ1) is 22.1. The summed E-state index contributed by atoms with van der Waals surface area (Å²) in [6.45, 7) is 6.07. The maximum absolute atomic E-state index is 13.1. The average Bonchev–Trinajstić information content (AvgIpc) is 3.01. The Morgan fingerprint density at radius 3 is 2.47 bits per heavy atom. The normalized spacial score (nSPS) is 15.6. The molecule has 9 nitrogen and oxygen atoms in total. The van der Waals surface area contributed by atoms with Crippen molar-refractivity contribution >= 4 is 15.9 Å². The molecule has 0 bridgehead atoms. The predicted octanol–water partition coefficient (Wildman–Crippen LogP) is 1.75. The molecular weight excluding hydrogens is 408 g/mol. The van der Waals surface area contributed by atoms with Crippen LogP contribution in [-0.4, -0.2) is 72.5 Å². The minimum Gasteiger partial charge on any atom is -0.490 e. The van der Waals surface area contributed by atoms with Crippen LogP contribution in [0.15, 0.2) is 35.7 Å². The van der Waals surface area contributed by atoms with E-state index in [0.717, 1.165) is 0 Å². The summed E-state index contributed by atoms with van der Waals surface area (Å²) >= 11 is 0. The van der Waals surface area contributed by atoms with Gasteiger partial charge in [0.2, 0.25) is 0 Å². The highest BCUT2D eigenvalue weighted by atomic mass is 32.2. The second kappa shape index (κ2) is 9.48. The number of sulfonamides is 1. The fourth-order valence-corrected chi connectivity index (χ4v) is 4.79. The number of nitrogens with zero attached hydrogens (tertiary/aromatic N) is 4. The molecular formula is C20H28N4O5S. The Balaban J connectivity index is 1.73. The van der Waals surface area contributed by atoms with Crippen LogP contribution in [0.2, 0.25) is 0 Å². The Bertz CT molecular complexity index is 989. The molecule has 0 saturated carbocycles. The Hall–Kier alpha value is -2.59. The standard InChI is InChI=1S/C20H28N4O5S/c1-4-28-17-8-7-16(13-18(17)29-5-2)20(25)23-9-6-10-24(12-11-23)30(26,27)19-14-22(3)15-21-19/h7-8,13-15H,4-6,9-12H2,1-3H3. The van der Waals surface area contributed by atoms with Gasteiger partial charge in [-0.25, -0.2) is 13.4 Å². The molecule has 0 N–H and O–H groups in total. The van der Waals surface area contributed by atoms with E-state index in [1.165, 1.54) is 16.8 Å². The zero-order valence-corrected chi connectivity index (χ0v) is 18.4. The van der Waals surface area contributed by atoms with E-state index in [0.29, 0.717) is 56.3 Å². The van der Waals surface area contributed by atoms with Gasteiger partial charge in [0.1, 0.15) is 0 Å². The van der Waals surface area contributed by atoms with Gasteiger partial charge in [0.25, 0.3) is 15.9 Å². The highest BCUT2D eigenvalue weighted by Gasteiger charge is 2.30. The third kappa shape index (κ3) is 4.76. The van der Waals surface area contributed by atoms with Crippen LogP contribution in [0.25, 0.3) is 0 Å². The van der Waals surface area contributed by atoms with E-state index in [-0.39, 0.29) is 17.5 Å². The summed E-state index contributed by atoms with van der Waals surface area (Å²) in [6.07, 6.45) is 3.49. The summed E-state index contributed by atoms with van der Waals surface area (Å²) in [6, 6.07) is 5.13. The molecule has 30 heavy (non-hydrogen) atoms. The lowest BCUT2D eigenvalue weighted by Crippen LogP contribution is -2.37. The van der Waals surface area contributed by atoms with E-state index in [2.05, 4.69) is 4.98 Å². The van der Waals surface area contributed by atoms with Crippen LogP contribution >= 0.6 is 0 Å². The fraction of sp³-hybridized carbons (Fsp3) is 0.500. The van der Waals surface area contributed by atoms with E-state index in [1.54, 1.807) is 34.7 Å². The number of hydrogen-bond acceptors (Lipinski definition) is 6. The van der Waals surface area contributed by atoms with Gasteiger partial charge in [0.15, 0.2) is 16.5 Å². The maximum Gasteiger partial charge on any atom is 0.262 e. The first-order chi connectivity index (χ1) is 14.4. The molecule has 0 spiro atoms. The van der Waals surface area contributed by atoms with E-state index >= 15 is 0 Å². The van der Waals surface area contributed by atoms with Crippen molar-refractivity contribution in [1.82, 2.24) is 18.8 Å². The van der Waals surface area contributed by atoms with Crippen molar-refractivity contribution < 1.29 is 22.7 Å². The molecule has 10 heteroatoms. The summed E-state index contributed by atoms with van der Waals surface area (Å²) in [4.78, 5) is 18.7. The Labute approximate surface area is 177 Å². The van der Waals surface area contributed by atoms with Gasteiger partial charge in [-0.3, -0.25) is 4.79 Å². The SMILES string of the molecule is CCOc1ccc(C(=O)N2CCCN(S(=O)(=O)c3cn(C)cn3)CC2)cc1OCC. The number of carbonyl (C=O) groups is 1. The molecule has 2 aromatic rings. The number of aryl methyl sites for hydroxylation is 1. The van der Waals surface area contributed by atoms with Gasteiger partial charge in [-0.15, -0.1) is 0 Å². The number of benzene rings is 1. The zero-order valence-electron chi connectivity index (χ0n) is 17.6. The number of rotatable bonds is 7. The minimum absolute atomic E-state index is 0.0256. The van der Waals surface area contributed by atoms with E-state index in [1.807, 2.05) is 13.8 Å². The quantitative estimate of drug-likeness (QED) is 0.656. The third-order valence-corrected chi connectivity index (χ3v) is 6.60. The number of carbonyl (C=O) groups excluding carboxylic acids is 1. The Morgan fingerprint density at radius 1 is 1.07 bits per heavy atom. The molecule has 1 fully saturated rings. The summed E-state index contributed by atoms with van der Waals surface area (Å²) in [5.41, 5.74) is 0.489. The van der Waals surface area contributed by atoms with Crippen molar-refractivity contribution in [3.8, 4) is 11.5 Å². The van der Waals surface area contributed by atoms with E-state index in [4.69, 9.17) is 9.47 Å². The molecule has 1 amide bonds. The molecule has 1 aliphatic heterocycles. The molecule has 2 heterocycles. The first-order valence-electron chi connectivity index (χ1n) is 10.0. The van der Waals surface area contributed by atoms with Crippen LogP contribution in [0.3, 0.4) is 0 Å².